The Morgan fingerprint density at radius 3 is 2.80 bits per heavy atom. The van der Waals surface area contributed by atoms with Gasteiger partial charge in [-0.25, -0.2) is 9.97 Å². The van der Waals surface area contributed by atoms with E-state index in [4.69, 9.17) is 9.72 Å². The quantitative estimate of drug-likeness (QED) is 0.700. The summed E-state index contributed by atoms with van der Waals surface area (Å²) in [4.78, 5) is 26.3. The number of hydrogen-bond donors (Lipinski definition) is 1. The molecule has 0 aliphatic heterocycles. The van der Waals surface area contributed by atoms with Crippen LogP contribution < -0.4 is 10.1 Å². The van der Waals surface area contributed by atoms with Gasteiger partial charge in [0.2, 0.25) is 5.91 Å². The number of nitrogens with zero attached hydrogens (tertiary/aromatic N) is 3. The Morgan fingerprint density at radius 2 is 2.03 bits per heavy atom. The second kappa shape index (κ2) is 8.22. The van der Waals surface area contributed by atoms with Crippen molar-refractivity contribution in [1.29, 1.82) is 0 Å². The Labute approximate surface area is 176 Å². The lowest BCUT2D eigenvalue weighted by Crippen LogP contribution is -2.37. The standard InChI is InChI=1S/C24H26N4O2/c1-24(2)13-20(27-22(29)12-16-5-4-6-18(11-16)30-3)19-15-26-23(28-21(19)14-24)17-7-9-25-10-8-17/h4-11,15,20H,12-14H2,1-3H3,(H,27,29)/t20-/m1/s1. The Kier molecular flexibility index (Phi) is 5.48. The van der Waals surface area contributed by atoms with Gasteiger partial charge < -0.3 is 10.1 Å². The molecule has 154 valence electrons. The van der Waals surface area contributed by atoms with Gasteiger partial charge in [-0.3, -0.25) is 9.78 Å². The molecule has 1 aromatic carbocycles. The predicted octanol–water partition coefficient (Wildman–Crippen LogP) is 3.92. The van der Waals surface area contributed by atoms with Gasteiger partial charge in [-0.1, -0.05) is 26.0 Å². The van der Waals surface area contributed by atoms with Gasteiger partial charge in [-0.2, -0.15) is 0 Å². The molecule has 0 unspecified atom stereocenters. The van der Waals surface area contributed by atoms with E-state index in [2.05, 4.69) is 29.1 Å². The molecule has 1 N–H and O–H groups in total. The largest absolute Gasteiger partial charge is 0.497 e. The molecule has 0 radical (unpaired) electrons. The van der Waals surface area contributed by atoms with Crippen LogP contribution in [-0.4, -0.2) is 28.0 Å². The molecule has 0 bridgehead atoms. The van der Waals surface area contributed by atoms with Crippen molar-refractivity contribution in [3.8, 4) is 17.1 Å². The topological polar surface area (TPSA) is 77.0 Å². The summed E-state index contributed by atoms with van der Waals surface area (Å²) in [5.41, 5.74) is 3.90. The minimum atomic E-state index is -0.103. The Hall–Kier alpha value is -3.28. The number of benzene rings is 1. The van der Waals surface area contributed by atoms with Crippen LogP contribution in [0.1, 0.15) is 43.1 Å². The van der Waals surface area contributed by atoms with Gasteiger partial charge in [0.15, 0.2) is 5.82 Å². The molecule has 0 fully saturated rings. The summed E-state index contributed by atoms with van der Waals surface area (Å²) < 4.78 is 5.26. The van der Waals surface area contributed by atoms with E-state index in [1.807, 2.05) is 42.6 Å². The smallest absolute Gasteiger partial charge is 0.224 e. The van der Waals surface area contributed by atoms with E-state index in [-0.39, 0.29) is 17.4 Å². The van der Waals surface area contributed by atoms with Crippen molar-refractivity contribution in [3.05, 3.63) is 71.8 Å². The third kappa shape index (κ3) is 4.48. The van der Waals surface area contributed by atoms with Crippen molar-refractivity contribution in [2.45, 2.75) is 39.2 Å². The number of carbonyl (C=O) groups is 1. The van der Waals surface area contributed by atoms with Crippen molar-refractivity contribution in [2.75, 3.05) is 7.11 Å². The van der Waals surface area contributed by atoms with Crippen molar-refractivity contribution >= 4 is 5.91 Å². The highest BCUT2D eigenvalue weighted by Gasteiger charge is 2.34. The van der Waals surface area contributed by atoms with Crippen LogP contribution in [0.5, 0.6) is 5.75 Å². The van der Waals surface area contributed by atoms with Gasteiger partial charge in [0.25, 0.3) is 0 Å². The zero-order valence-electron chi connectivity index (χ0n) is 17.6. The number of ether oxygens (including phenoxy) is 1. The number of pyridine rings is 1. The van der Waals surface area contributed by atoms with Gasteiger partial charge in [-0.05, 0) is 48.1 Å². The minimum Gasteiger partial charge on any atom is -0.497 e. The highest BCUT2D eigenvalue weighted by molar-refractivity contribution is 5.79. The lowest BCUT2D eigenvalue weighted by atomic mass is 9.74. The maximum Gasteiger partial charge on any atom is 0.224 e. The van der Waals surface area contributed by atoms with Gasteiger partial charge in [0, 0.05) is 29.7 Å². The predicted molar refractivity (Wildman–Crippen MR) is 115 cm³/mol. The maximum atomic E-state index is 12.8. The zero-order chi connectivity index (χ0) is 21.1. The monoisotopic (exact) mass is 402 g/mol. The molecule has 1 amide bonds. The first kappa shape index (κ1) is 20.0. The van der Waals surface area contributed by atoms with Gasteiger partial charge in [0.1, 0.15) is 5.75 Å². The fourth-order valence-electron chi connectivity index (χ4n) is 4.03. The van der Waals surface area contributed by atoms with E-state index >= 15 is 0 Å². The first-order valence-corrected chi connectivity index (χ1v) is 10.1. The number of methoxy groups -OCH3 is 1. The maximum absolute atomic E-state index is 12.8. The summed E-state index contributed by atoms with van der Waals surface area (Å²) >= 11 is 0. The van der Waals surface area contributed by atoms with Crippen LogP contribution in [0, 0.1) is 5.41 Å². The van der Waals surface area contributed by atoms with E-state index in [1.165, 1.54) is 0 Å². The molecule has 1 aliphatic carbocycles. The summed E-state index contributed by atoms with van der Waals surface area (Å²) in [7, 11) is 1.63. The fourth-order valence-corrected chi connectivity index (χ4v) is 4.03. The zero-order valence-corrected chi connectivity index (χ0v) is 17.6. The van der Waals surface area contributed by atoms with Crippen LogP contribution in [-0.2, 0) is 17.6 Å². The fraction of sp³-hybridized carbons (Fsp3) is 0.333. The molecule has 6 heteroatoms. The van der Waals surface area contributed by atoms with Gasteiger partial charge in [-0.15, -0.1) is 0 Å². The molecule has 4 rings (SSSR count). The number of rotatable bonds is 5. The normalized spacial score (nSPS) is 17.1. The number of fused-ring (bicyclic) bond motifs is 1. The second-order valence-corrected chi connectivity index (χ2v) is 8.53. The summed E-state index contributed by atoms with van der Waals surface area (Å²) in [6.07, 6.45) is 7.35. The lowest BCUT2D eigenvalue weighted by Gasteiger charge is -2.36. The van der Waals surface area contributed by atoms with E-state index in [9.17, 15) is 4.79 Å². The molecule has 2 aromatic heterocycles. The highest BCUT2D eigenvalue weighted by Crippen LogP contribution is 2.40. The summed E-state index contributed by atoms with van der Waals surface area (Å²) in [5.74, 6) is 1.42. The molecular formula is C24H26N4O2. The van der Waals surface area contributed by atoms with Crippen LogP contribution in [0.3, 0.4) is 0 Å². The molecule has 0 saturated heterocycles. The van der Waals surface area contributed by atoms with Crippen LogP contribution in [0.4, 0.5) is 0 Å². The third-order valence-corrected chi connectivity index (χ3v) is 5.45. The van der Waals surface area contributed by atoms with E-state index in [0.717, 1.165) is 41.0 Å². The van der Waals surface area contributed by atoms with Crippen LogP contribution in [0.25, 0.3) is 11.4 Å². The lowest BCUT2D eigenvalue weighted by molar-refractivity contribution is -0.121. The van der Waals surface area contributed by atoms with Crippen molar-refractivity contribution in [2.24, 2.45) is 5.41 Å². The average molecular weight is 402 g/mol. The SMILES string of the molecule is COc1cccc(CC(=O)N[C@@H]2CC(C)(C)Cc3nc(-c4ccncc4)ncc32)c1. The number of nitrogens with one attached hydrogen (secondary N) is 1. The van der Waals surface area contributed by atoms with E-state index in [0.29, 0.717) is 12.2 Å². The molecule has 30 heavy (non-hydrogen) atoms. The number of aromatic nitrogens is 3. The third-order valence-electron chi connectivity index (χ3n) is 5.45. The first-order valence-electron chi connectivity index (χ1n) is 10.1. The van der Waals surface area contributed by atoms with Crippen molar-refractivity contribution in [1.82, 2.24) is 20.3 Å². The summed E-state index contributed by atoms with van der Waals surface area (Å²) in [6.45, 7) is 4.43. The number of carbonyl (C=O) groups excluding carboxylic acids is 1. The molecule has 6 nitrogen and oxygen atoms in total. The van der Waals surface area contributed by atoms with Crippen LogP contribution in [0.15, 0.2) is 55.0 Å². The average Bonchev–Trinajstić information content (AvgIpc) is 2.73. The molecule has 3 aromatic rings. The number of amides is 1. The molecule has 2 heterocycles. The van der Waals surface area contributed by atoms with Crippen LogP contribution >= 0.6 is 0 Å². The Morgan fingerprint density at radius 1 is 1.23 bits per heavy atom. The van der Waals surface area contributed by atoms with Gasteiger partial charge >= 0.3 is 0 Å². The molecular weight excluding hydrogens is 376 g/mol. The van der Waals surface area contributed by atoms with Crippen molar-refractivity contribution in [3.63, 3.8) is 0 Å². The van der Waals surface area contributed by atoms with E-state index < -0.39 is 0 Å². The molecule has 0 saturated carbocycles. The van der Waals surface area contributed by atoms with Gasteiger partial charge in [0.05, 0.1) is 25.3 Å². The van der Waals surface area contributed by atoms with E-state index in [1.54, 1.807) is 19.5 Å². The summed E-state index contributed by atoms with van der Waals surface area (Å²) in [6, 6.07) is 11.3. The highest BCUT2D eigenvalue weighted by atomic mass is 16.5. The first-order chi connectivity index (χ1) is 14.4. The number of hydrogen-bond acceptors (Lipinski definition) is 5. The summed E-state index contributed by atoms with van der Waals surface area (Å²) in [5, 5.41) is 3.21. The van der Waals surface area contributed by atoms with Crippen LogP contribution in [0.2, 0.25) is 0 Å². The Balaban J connectivity index is 1.56. The molecule has 1 aliphatic rings. The van der Waals surface area contributed by atoms with Crippen molar-refractivity contribution < 1.29 is 9.53 Å². The Bertz CT molecular complexity index is 1050. The minimum absolute atomic E-state index is 0.0184. The molecule has 1 atom stereocenters. The molecule has 0 spiro atoms. The second-order valence-electron chi connectivity index (χ2n) is 8.53.